The molecule has 1 aliphatic heterocycles. The van der Waals surface area contributed by atoms with Gasteiger partial charge >= 0.3 is 0 Å². The summed E-state index contributed by atoms with van der Waals surface area (Å²) in [5, 5.41) is 6.21. The lowest BCUT2D eigenvalue weighted by atomic mass is 9.91. The molecule has 1 atom stereocenters. The Kier molecular flexibility index (Phi) is 4.14. The van der Waals surface area contributed by atoms with Crippen LogP contribution in [0, 0.1) is 0 Å². The summed E-state index contributed by atoms with van der Waals surface area (Å²) >= 11 is 0. The average molecular weight is 196 g/mol. The van der Waals surface area contributed by atoms with E-state index in [1.165, 1.54) is 0 Å². The number of hydrogen-bond acceptors (Lipinski definition) is 2. The van der Waals surface area contributed by atoms with E-state index in [0.717, 1.165) is 32.2 Å². The van der Waals surface area contributed by atoms with E-state index in [2.05, 4.69) is 24.1 Å². The summed E-state index contributed by atoms with van der Waals surface area (Å²) in [4.78, 5) is 11.9. The molecule has 0 spiro atoms. The second kappa shape index (κ2) is 5.15. The van der Waals surface area contributed by atoms with Crippen molar-refractivity contribution in [2.24, 2.45) is 0 Å². The largest absolute Gasteiger partial charge is 0.351 e. The minimum atomic E-state index is -0.294. The third-order valence-corrected chi connectivity index (χ3v) is 2.76. The van der Waals surface area contributed by atoms with Crippen molar-refractivity contribution >= 4 is 5.91 Å². The molecule has 14 heavy (non-hydrogen) atoms. The minimum absolute atomic E-state index is 0.136. The van der Waals surface area contributed by atoms with Crippen LogP contribution in [0.25, 0.3) is 0 Å². The minimum Gasteiger partial charge on any atom is -0.351 e. The van der Waals surface area contributed by atoms with Gasteiger partial charge in [0.2, 0.25) is 5.91 Å². The van der Waals surface area contributed by atoms with Crippen LogP contribution in [0.2, 0.25) is 0 Å². The van der Waals surface area contributed by atoms with Crippen molar-refractivity contribution in [3.63, 3.8) is 0 Å². The molecule has 80 valence electrons. The standard InChI is InChI=1S/C11H20N2O/c1-3-6-11(7-5-9-13-11)10(14)12-8-4-2/h4,13H,2-3,5-9H2,1H3,(H,12,14). The average Bonchev–Trinajstić information content (AvgIpc) is 2.64. The second-order valence-corrected chi connectivity index (χ2v) is 3.86. The van der Waals surface area contributed by atoms with Gasteiger partial charge in [-0.2, -0.15) is 0 Å². The summed E-state index contributed by atoms with van der Waals surface area (Å²) in [6, 6.07) is 0. The highest BCUT2D eigenvalue weighted by molar-refractivity contribution is 5.86. The van der Waals surface area contributed by atoms with Crippen LogP contribution in [0.3, 0.4) is 0 Å². The molecule has 1 unspecified atom stereocenters. The van der Waals surface area contributed by atoms with Crippen molar-refractivity contribution < 1.29 is 4.79 Å². The highest BCUT2D eigenvalue weighted by Gasteiger charge is 2.39. The van der Waals surface area contributed by atoms with E-state index in [4.69, 9.17) is 0 Å². The molecule has 1 heterocycles. The Labute approximate surface area is 86.0 Å². The maximum Gasteiger partial charge on any atom is 0.240 e. The molecule has 0 radical (unpaired) electrons. The number of carbonyl (C=O) groups excluding carboxylic acids is 1. The van der Waals surface area contributed by atoms with Crippen LogP contribution in [-0.2, 0) is 4.79 Å². The van der Waals surface area contributed by atoms with Gasteiger partial charge in [0.1, 0.15) is 0 Å². The third kappa shape index (κ3) is 2.35. The molecular formula is C11H20N2O. The van der Waals surface area contributed by atoms with Gasteiger partial charge in [-0.15, -0.1) is 6.58 Å². The van der Waals surface area contributed by atoms with Crippen LogP contribution in [0.15, 0.2) is 12.7 Å². The van der Waals surface area contributed by atoms with Gasteiger partial charge in [0.05, 0.1) is 5.54 Å². The summed E-state index contributed by atoms with van der Waals surface area (Å²) < 4.78 is 0. The summed E-state index contributed by atoms with van der Waals surface area (Å²) in [5.74, 6) is 0.136. The summed E-state index contributed by atoms with van der Waals surface area (Å²) in [6.45, 7) is 7.23. The van der Waals surface area contributed by atoms with Crippen molar-refractivity contribution in [3.8, 4) is 0 Å². The molecular weight excluding hydrogens is 176 g/mol. The fourth-order valence-electron chi connectivity index (χ4n) is 2.09. The van der Waals surface area contributed by atoms with Crippen molar-refractivity contribution in [3.05, 3.63) is 12.7 Å². The molecule has 0 saturated carbocycles. The molecule has 1 rings (SSSR count). The molecule has 3 nitrogen and oxygen atoms in total. The van der Waals surface area contributed by atoms with Gasteiger partial charge in [0.15, 0.2) is 0 Å². The van der Waals surface area contributed by atoms with Crippen molar-refractivity contribution in [1.82, 2.24) is 10.6 Å². The van der Waals surface area contributed by atoms with Crippen LogP contribution in [0.5, 0.6) is 0 Å². The van der Waals surface area contributed by atoms with E-state index >= 15 is 0 Å². The zero-order valence-corrected chi connectivity index (χ0v) is 8.94. The van der Waals surface area contributed by atoms with Crippen LogP contribution in [0.1, 0.15) is 32.6 Å². The summed E-state index contributed by atoms with van der Waals surface area (Å²) in [6.07, 6.45) is 5.74. The Bertz CT molecular complexity index is 207. The zero-order valence-electron chi connectivity index (χ0n) is 8.94. The lowest BCUT2D eigenvalue weighted by Gasteiger charge is -2.27. The summed E-state index contributed by atoms with van der Waals surface area (Å²) in [5.41, 5.74) is -0.294. The lowest BCUT2D eigenvalue weighted by molar-refractivity contribution is -0.127. The van der Waals surface area contributed by atoms with Crippen molar-refractivity contribution in [1.29, 1.82) is 0 Å². The summed E-state index contributed by atoms with van der Waals surface area (Å²) in [7, 11) is 0. The number of amides is 1. The topological polar surface area (TPSA) is 41.1 Å². The molecule has 0 aromatic rings. The molecule has 0 bridgehead atoms. The van der Waals surface area contributed by atoms with Gasteiger partial charge in [0.25, 0.3) is 0 Å². The van der Waals surface area contributed by atoms with Crippen molar-refractivity contribution in [2.75, 3.05) is 13.1 Å². The number of nitrogens with one attached hydrogen (secondary N) is 2. The van der Waals surface area contributed by atoms with Crippen molar-refractivity contribution in [2.45, 2.75) is 38.1 Å². The maximum absolute atomic E-state index is 11.9. The van der Waals surface area contributed by atoms with Gasteiger partial charge in [0, 0.05) is 6.54 Å². The quantitative estimate of drug-likeness (QED) is 0.649. The first-order valence-electron chi connectivity index (χ1n) is 5.39. The number of hydrogen-bond donors (Lipinski definition) is 2. The van der Waals surface area contributed by atoms with Crippen LogP contribution in [0.4, 0.5) is 0 Å². The first-order chi connectivity index (χ1) is 6.75. The maximum atomic E-state index is 11.9. The van der Waals surface area contributed by atoms with Gasteiger partial charge in [-0.05, 0) is 25.8 Å². The van der Waals surface area contributed by atoms with Crippen LogP contribution < -0.4 is 10.6 Å². The van der Waals surface area contributed by atoms with Gasteiger partial charge in [-0.1, -0.05) is 19.4 Å². The fraction of sp³-hybridized carbons (Fsp3) is 0.727. The molecule has 3 heteroatoms. The third-order valence-electron chi connectivity index (χ3n) is 2.76. The van der Waals surface area contributed by atoms with Crippen LogP contribution in [-0.4, -0.2) is 24.5 Å². The molecule has 2 N–H and O–H groups in total. The Morgan fingerprint density at radius 2 is 2.50 bits per heavy atom. The van der Waals surface area contributed by atoms with Gasteiger partial charge < -0.3 is 10.6 Å². The molecule has 1 amide bonds. The van der Waals surface area contributed by atoms with E-state index in [1.54, 1.807) is 6.08 Å². The highest BCUT2D eigenvalue weighted by Crippen LogP contribution is 2.24. The molecule has 0 aromatic heterocycles. The normalized spacial score (nSPS) is 26.1. The molecule has 0 aliphatic carbocycles. The lowest BCUT2D eigenvalue weighted by Crippen LogP contribution is -2.53. The van der Waals surface area contributed by atoms with Gasteiger partial charge in [-0.25, -0.2) is 0 Å². The van der Waals surface area contributed by atoms with E-state index in [-0.39, 0.29) is 11.4 Å². The Balaban J connectivity index is 2.56. The monoisotopic (exact) mass is 196 g/mol. The smallest absolute Gasteiger partial charge is 0.240 e. The first kappa shape index (κ1) is 11.2. The number of rotatable bonds is 5. The van der Waals surface area contributed by atoms with Gasteiger partial charge in [-0.3, -0.25) is 4.79 Å². The zero-order chi connectivity index (χ0) is 10.4. The molecule has 1 aliphatic rings. The Hall–Kier alpha value is -0.830. The first-order valence-corrected chi connectivity index (χ1v) is 5.39. The predicted molar refractivity (Wildman–Crippen MR) is 58.1 cm³/mol. The SMILES string of the molecule is C=CCNC(=O)C1(CCC)CCCN1. The second-order valence-electron chi connectivity index (χ2n) is 3.86. The Morgan fingerprint density at radius 1 is 1.71 bits per heavy atom. The molecule has 0 aromatic carbocycles. The Morgan fingerprint density at radius 3 is 3.00 bits per heavy atom. The van der Waals surface area contributed by atoms with E-state index in [1.807, 2.05) is 0 Å². The van der Waals surface area contributed by atoms with E-state index in [9.17, 15) is 4.79 Å². The van der Waals surface area contributed by atoms with E-state index < -0.39 is 0 Å². The van der Waals surface area contributed by atoms with E-state index in [0.29, 0.717) is 6.54 Å². The molecule has 1 fully saturated rings. The predicted octanol–water partition coefficient (Wildman–Crippen LogP) is 1.21. The molecule has 1 saturated heterocycles. The highest BCUT2D eigenvalue weighted by atomic mass is 16.2. The van der Waals surface area contributed by atoms with Crippen LogP contribution >= 0.6 is 0 Å². The number of carbonyl (C=O) groups is 1. The fourth-order valence-corrected chi connectivity index (χ4v) is 2.09.